The molecule has 282 valence electrons. The van der Waals surface area contributed by atoms with E-state index in [4.69, 9.17) is 0 Å². The van der Waals surface area contributed by atoms with Crippen molar-refractivity contribution in [3.8, 4) is 22.3 Å². The van der Waals surface area contributed by atoms with Crippen LogP contribution in [0.25, 0.3) is 86.9 Å². The van der Waals surface area contributed by atoms with Crippen LogP contribution < -0.4 is 5.19 Å². The van der Waals surface area contributed by atoms with Gasteiger partial charge in [0.1, 0.15) is 0 Å². The SMILES string of the molecule is CCc1cc2c(-c3c4ccccc4cc4ccccc34)cccc2[cH-]1.CCc1cc2c(-c3c4ccccc4cc4ccccc34)cccc2[cH-]1.C[Si](=[Zr+2])c1ccccc1. The molecule has 0 aliphatic rings. The molecule has 0 fully saturated rings. The molecule has 2 heteroatoms. The first-order chi connectivity index (χ1) is 29.0. The van der Waals surface area contributed by atoms with Crippen LogP contribution in [0.5, 0.6) is 0 Å². The van der Waals surface area contributed by atoms with Gasteiger partial charge in [-0.2, -0.15) is 12.1 Å². The van der Waals surface area contributed by atoms with Crippen molar-refractivity contribution in [3.05, 3.63) is 211 Å². The second-order valence-corrected chi connectivity index (χ2v) is 22.8. The third kappa shape index (κ3) is 7.81. The van der Waals surface area contributed by atoms with Crippen molar-refractivity contribution in [1.29, 1.82) is 0 Å². The van der Waals surface area contributed by atoms with E-state index in [1.54, 1.807) is 28.5 Å². The number of fused-ring (bicyclic) bond motifs is 6. The third-order valence-electron chi connectivity index (χ3n) is 11.7. The molecule has 0 N–H and O–H groups in total. The Hall–Kier alpha value is -5.66. The van der Waals surface area contributed by atoms with Crippen LogP contribution in [-0.2, 0) is 36.2 Å². The van der Waals surface area contributed by atoms with Crippen LogP contribution in [0.4, 0.5) is 0 Å². The molecular formula is C57H46SiZr. The van der Waals surface area contributed by atoms with Gasteiger partial charge in [0.2, 0.25) is 0 Å². The second-order valence-electron chi connectivity index (χ2n) is 15.4. The van der Waals surface area contributed by atoms with Crippen molar-refractivity contribution < 1.29 is 23.3 Å². The Labute approximate surface area is 362 Å². The van der Waals surface area contributed by atoms with Gasteiger partial charge in [-0.15, -0.1) is 69.1 Å². The van der Waals surface area contributed by atoms with Gasteiger partial charge in [0, 0.05) is 0 Å². The maximum atomic E-state index is 2.36. The maximum absolute atomic E-state index is 2.36. The molecule has 0 amide bonds. The van der Waals surface area contributed by atoms with Crippen molar-refractivity contribution in [2.75, 3.05) is 0 Å². The summed E-state index contributed by atoms with van der Waals surface area (Å²) in [6, 6.07) is 73.0. The zero-order valence-electron chi connectivity index (χ0n) is 34.0. The molecule has 59 heavy (non-hydrogen) atoms. The van der Waals surface area contributed by atoms with Gasteiger partial charge in [-0.25, -0.2) is 0 Å². The molecule has 0 bridgehead atoms. The van der Waals surface area contributed by atoms with Crippen molar-refractivity contribution in [3.63, 3.8) is 0 Å². The summed E-state index contributed by atoms with van der Waals surface area (Å²) in [5.74, 6) is 0. The van der Waals surface area contributed by atoms with Crippen LogP contribution in [0.1, 0.15) is 25.0 Å². The van der Waals surface area contributed by atoms with E-state index in [0.29, 0.717) is 0 Å². The number of rotatable bonds is 5. The molecule has 0 saturated heterocycles. The molecule has 0 unspecified atom stereocenters. The Morgan fingerprint density at radius 3 is 1.08 bits per heavy atom. The van der Waals surface area contributed by atoms with E-state index in [-0.39, 0.29) is 5.43 Å². The van der Waals surface area contributed by atoms with E-state index in [0.717, 1.165) is 12.8 Å². The van der Waals surface area contributed by atoms with Gasteiger partial charge in [-0.1, -0.05) is 134 Å². The molecule has 0 heterocycles. The van der Waals surface area contributed by atoms with Crippen molar-refractivity contribution in [2.24, 2.45) is 0 Å². The van der Waals surface area contributed by atoms with Crippen molar-refractivity contribution >= 4 is 75.3 Å². The summed E-state index contributed by atoms with van der Waals surface area (Å²) >= 11 is 1.69. The van der Waals surface area contributed by atoms with Gasteiger partial charge in [-0.3, -0.25) is 0 Å². The summed E-state index contributed by atoms with van der Waals surface area (Å²) < 4.78 is 0. The van der Waals surface area contributed by atoms with Gasteiger partial charge in [0.25, 0.3) is 0 Å². The molecule has 0 aromatic heterocycles. The number of hydrogen-bond donors (Lipinski definition) is 0. The molecule has 0 atom stereocenters. The normalized spacial score (nSPS) is 11.2. The molecule has 0 saturated carbocycles. The summed E-state index contributed by atoms with van der Waals surface area (Å²) in [5.41, 5.74) is 8.08. The quantitative estimate of drug-likeness (QED) is 0.0919. The van der Waals surface area contributed by atoms with Gasteiger partial charge in [0.05, 0.1) is 0 Å². The molecule has 0 spiro atoms. The van der Waals surface area contributed by atoms with Crippen LogP contribution in [0.3, 0.4) is 0 Å². The molecule has 0 aliphatic carbocycles. The average Bonchev–Trinajstić information content (AvgIpc) is 3.93. The zero-order valence-corrected chi connectivity index (χ0v) is 37.4. The predicted molar refractivity (Wildman–Crippen MR) is 256 cm³/mol. The monoisotopic (exact) mass is 848 g/mol. The van der Waals surface area contributed by atoms with Gasteiger partial charge in [0.15, 0.2) is 0 Å². The summed E-state index contributed by atoms with van der Waals surface area (Å²) in [5, 5.41) is 17.5. The standard InChI is InChI=1S/2C25H19.C7H8Si.Zr/c2*1-2-17-14-18-10-7-13-23(24(18)15-17)25-21-11-5-3-8-19(21)16-20-9-4-6-12-22(20)25;1-8-7-5-3-2-4-6-7;/h2*3-16H,2H2,1H3;2-6H,1H3;/q2*-1;;+2. The fourth-order valence-corrected chi connectivity index (χ4v) is 10.7. The zero-order chi connectivity index (χ0) is 40.3. The second kappa shape index (κ2) is 17.3. The van der Waals surface area contributed by atoms with Gasteiger partial charge >= 0.3 is 70.8 Å². The molecule has 11 rings (SSSR count). The van der Waals surface area contributed by atoms with E-state index in [2.05, 4.69) is 221 Å². The fraction of sp³-hybridized carbons (Fsp3) is 0.0877. The van der Waals surface area contributed by atoms with Crippen LogP contribution in [-0.4, -0.2) is 5.43 Å². The van der Waals surface area contributed by atoms with Crippen molar-refractivity contribution in [1.82, 2.24) is 0 Å². The topological polar surface area (TPSA) is 0 Å². The first-order valence-corrected chi connectivity index (χ1v) is 26.5. The average molecular weight is 850 g/mol. The summed E-state index contributed by atoms with van der Waals surface area (Å²) in [6.45, 7) is 6.79. The predicted octanol–water partition coefficient (Wildman–Crippen LogP) is 15.3. The minimum atomic E-state index is -0.122. The van der Waals surface area contributed by atoms with Gasteiger partial charge < -0.3 is 0 Å². The van der Waals surface area contributed by atoms with Crippen LogP contribution >= 0.6 is 0 Å². The van der Waals surface area contributed by atoms with E-state index in [9.17, 15) is 0 Å². The first-order valence-electron chi connectivity index (χ1n) is 20.8. The Balaban J connectivity index is 0.000000126. The number of benzene rings is 9. The Morgan fingerprint density at radius 2 is 0.746 bits per heavy atom. The third-order valence-corrected chi connectivity index (χ3v) is 15.1. The first kappa shape index (κ1) is 38.8. The molecular weight excluding hydrogens is 804 g/mol. The van der Waals surface area contributed by atoms with E-state index in [1.165, 1.54) is 98.0 Å². The van der Waals surface area contributed by atoms with E-state index >= 15 is 0 Å². The molecule has 0 radical (unpaired) electrons. The minimum absolute atomic E-state index is 0.122. The number of hydrogen-bond acceptors (Lipinski definition) is 0. The summed E-state index contributed by atoms with van der Waals surface area (Å²) in [6.07, 6.45) is 2.15. The van der Waals surface area contributed by atoms with E-state index < -0.39 is 0 Å². The molecule has 11 aromatic rings. The Bertz CT molecular complexity index is 2970. The molecule has 11 aromatic carbocycles. The van der Waals surface area contributed by atoms with Crippen LogP contribution in [0.2, 0.25) is 6.55 Å². The fourth-order valence-electron chi connectivity index (χ4n) is 8.73. The number of aryl methyl sites for hydroxylation is 2. The van der Waals surface area contributed by atoms with Crippen LogP contribution in [0, 0.1) is 0 Å². The summed E-state index contributed by atoms with van der Waals surface area (Å²) in [4.78, 5) is 0. The van der Waals surface area contributed by atoms with Gasteiger partial charge in [-0.05, 0) is 79.2 Å². The van der Waals surface area contributed by atoms with Crippen molar-refractivity contribution in [2.45, 2.75) is 33.2 Å². The molecule has 0 aliphatic heterocycles. The summed E-state index contributed by atoms with van der Waals surface area (Å²) in [7, 11) is 0. The Morgan fingerprint density at radius 1 is 0.390 bits per heavy atom. The Kier molecular flexibility index (Phi) is 11.4. The van der Waals surface area contributed by atoms with Crippen LogP contribution in [0.15, 0.2) is 200 Å². The van der Waals surface area contributed by atoms with E-state index in [1.807, 2.05) is 0 Å². The molecule has 0 nitrogen and oxygen atoms in total.